The average Bonchev–Trinajstić information content (AvgIpc) is 3.47. The molecule has 2 amide bonds. The topological polar surface area (TPSA) is 111 Å². The molecule has 5 rings (SSSR count). The number of sulfonamides is 1. The molecule has 0 aliphatic heterocycles. The van der Waals surface area contributed by atoms with Gasteiger partial charge < -0.3 is 5.32 Å². The molecule has 2 N–H and O–H groups in total. The van der Waals surface area contributed by atoms with Gasteiger partial charge in [0.05, 0.1) is 41.6 Å². The molecule has 38 heavy (non-hydrogen) atoms. The van der Waals surface area contributed by atoms with Crippen molar-refractivity contribution in [1.29, 1.82) is 0 Å². The molecule has 9 nitrogen and oxygen atoms in total. The molecule has 198 valence electrons. The Hall–Kier alpha value is -3.41. The molecule has 13 heteroatoms. The van der Waals surface area contributed by atoms with Crippen LogP contribution < -0.4 is 10.0 Å². The first kappa shape index (κ1) is 26.2. The molecule has 0 unspecified atom stereocenters. The van der Waals surface area contributed by atoms with Crippen molar-refractivity contribution >= 4 is 55.7 Å². The molecule has 1 aliphatic carbocycles. The molecular weight excluding hydrogens is 554 g/mol. The normalized spacial score (nSPS) is 14.8. The average molecular weight is 577 g/mol. The Kier molecular flexibility index (Phi) is 7.17. The largest absolute Gasteiger partial charge is 0.331 e. The molecular formula is C25H23Cl2FN6O3S. The molecule has 0 bridgehead atoms. The number of rotatable bonds is 6. The standard InChI is InChI=1S/C25H23Cl2FN6O3S/c1-33-23-10-19(8-6-15(23)11-30-33)38(36,37)32-25(35)29-13-22(28)20-4-2-3-16-12-31-34(24(16)20)14-17-5-7-18(26)9-21(17)27/h5-12H,2-4,13-14H2,1H3,(H2,29,32,35). The van der Waals surface area contributed by atoms with E-state index in [1.54, 1.807) is 48.4 Å². The zero-order valence-corrected chi connectivity index (χ0v) is 22.5. The lowest BCUT2D eigenvalue weighted by molar-refractivity contribution is 0.246. The lowest BCUT2D eigenvalue weighted by Gasteiger charge is -2.19. The monoisotopic (exact) mass is 576 g/mol. The van der Waals surface area contributed by atoms with Crippen LogP contribution in [0.3, 0.4) is 0 Å². The molecule has 0 saturated heterocycles. The van der Waals surface area contributed by atoms with Crippen molar-refractivity contribution in [3.63, 3.8) is 0 Å². The Morgan fingerprint density at radius 1 is 1.11 bits per heavy atom. The van der Waals surface area contributed by atoms with Crippen molar-refractivity contribution in [1.82, 2.24) is 29.6 Å². The first-order valence-corrected chi connectivity index (χ1v) is 13.9. The minimum atomic E-state index is -4.18. The van der Waals surface area contributed by atoms with E-state index < -0.39 is 28.4 Å². The van der Waals surface area contributed by atoms with E-state index in [0.29, 0.717) is 39.8 Å². The van der Waals surface area contributed by atoms with E-state index in [2.05, 4.69) is 15.5 Å². The molecule has 0 fully saturated rings. The van der Waals surface area contributed by atoms with E-state index in [1.807, 2.05) is 4.72 Å². The smallest absolute Gasteiger partial charge is 0.329 e. The third-order valence-electron chi connectivity index (χ3n) is 6.40. The van der Waals surface area contributed by atoms with E-state index in [0.717, 1.165) is 29.4 Å². The zero-order chi connectivity index (χ0) is 27.0. The predicted octanol–water partition coefficient (Wildman–Crippen LogP) is 4.83. The van der Waals surface area contributed by atoms with Gasteiger partial charge in [-0.2, -0.15) is 10.2 Å². The number of halogens is 3. The van der Waals surface area contributed by atoms with Gasteiger partial charge >= 0.3 is 6.03 Å². The Bertz CT molecular complexity index is 1700. The maximum Gasteiger partial charge on any atom is 0.329 e. The second-order valence-electron chi connectivity index (χ2n) is 8.93. The number of amides is 2. The minimum absolute atomic E-state index is 0.107. The van der Waals surface area contributed by atoms with Gasteiger partial charge in [0.2, 0.25) is 0 Å². The lowest BCUT2D eigenvalue weighted by atomic mass is 9.92. The molecule has 0 spiro atoms. The van der Waals surface area contributed by atoms with Gasteiger partial charge in [0, 0.05) is 28.1 Å². The summed E-state index contributed by atoms with van der Waals surface area (Å²) in [5, 5.41) is 12.6. The van der Waals surface area contributed by atoms with Crippen molar-refractivity contribution in [2.24, 2.45) is 7.05 Å². The van der Waals surface area contributed by atoms with Gasteiger partial charge in [0.15, 0.2) is 0 Å². The lowest BCUT2D eigenvalue weighted by Crippen LogP contribution is -2.40. The number of hydrogen-bond donors (Lipinski definition) is 2. The number of nitrogens with zero attached hydrogens (tertiary/aromatic N) is 4. The Morgan fingerprint density at radius 2 is 1.92 bits per heavy atom. The number of carbonyl (C=O) groups is 1. The van der Waals surface area contributed by atoms with Gasteiger partial charge in [-0.1, -0.05) is 29.3 Å². The highest BCUT2D eigenvalue weighted by Gasteiger charge is 2.25. The van der Waals surface area contributed by atoms with Gasteiger partial charge in [0.1, 0.15) is 5.83 Å². The number of benzene rings is 2. The number of urea groups is 1. The molecule has 2 aromatic carbocycles. The predicted molar refractivity (Wildman–Crippen MR) is 143 cm³/mol. The third kappa shape index (κ3) is 5.27. The molecule has 0 saturated carbocycles. The second kappa shape index (κ2) is 10.4. The SMILES string of the molecule is Cn1ncc2ccc(S(=O)(=O)NC(=O)NCC(F)=C3CCCc4cnn(Cc5ccc(Cl)cc5Cl)c43)cc21. The summed E-state index contributed by atoms with van der Waals surface area (Å²) in [5.74, 6) is -0.571. The molecule has 2 aromatic heterocycles. The summed E-state index contributed by atoms with van der Waals surface area (Å²) < 4.78 is 46.0. The van der Waals surface area contributed by atoms with Crippen molar-refractivity contribution < 1.29 is 17.6 Å². The van der Waals surface area contributed by atoms with Crippen LogP contribution in [-0.2, 0) is 30.0 Å². The van der Waals surface area contributed by atoms with E-state index in [4.69, 9.17) is 23.2 Å². The maximum atomic E-state index is 15.4. The first-order valence-electron chi connectivity index (χ1n) is 11.7. The third-order valence-corrected chi connectivity index (χ3v) is 8.31. The summed E-state index contributed by atoms with van der Waals surface area (Å²) in [7, 11) is -2.50. The highest BCUT2D eigenvalue weighted by Crippen LogP contribution is 2.34. The molecule has 2 heterocycles. The molecule has 1 aliphatic rings. The minimum Gasteiger partial charge on any atom is -0.331 e. The Balaban J connectivity index is 1.31. The Morgan fingerprint density at radius 3 is 2.71 bits per heavy atom. The fourth-order valence-electron chi connectivity index (χ4n) is 4.50. The van der Waals surface area contributed by atoms with Crippen LogP contribution in [0.1, 0.15) is 29.7 Å². The number of fused-ring (bicyclic) bond motifs is 2. The van der Waals surface area contributed by atoms with Gasteiger partial charge in [-0.3, -0.25) is 9.36 Å². The number of hydrogen-bond acceptors (Lipinski definition) is 5. The van der Waals surface area contributed by atoms with Crippen LogP contribution in [-0.4, -0.2) is 40.6 Å². The summed E-state index contributed by atoms with van der Waals surface area (Å²) >= 11 is 12.3. The number of aryl methyl sites for hydroxylation is 2. The maximum absolute atomic E-state index is 15.4. The van der Waals surface area contributed by atoms with Crippen LogP contribution in [0.2, 0.25) is 10.0 Å². The van der Waals surface area contributed by atoms with Crippen molar-refractivity contribution in [2.45, 2.75) is 30.7 Å². The number of carbonyl (C=O) groups excluding carboxylic acids is 1. The van der Waals surface area contributed by atoms with Gasteiger partial charge in [0.25, 0.3) is 10.0 Å². The molecule has 4 aromatic rings. The van der Waals surface area contributed by atoms with Crippen LogP contribution in [0.5, 0.6) is 0 Å². The van der Waals surface area contributed by atoms with Crippen LogP contribution in [0.15, 0.2) is 59.5 Å². The Labute approximate surface area is 228 Å². The second-order valence-corrected chi connectivity index (χ2v) is 11.5. The summed E-state index contributed by atoms with van der Waals surface area (Å²) in [6.45, 7) is -0.168. The number of nitrogens with one attached hydrogen (secondary N) is 2. The first-order chi connectivity index (χ1) is 18.1. The van der Waals surface area contributed by atoms with Gasteiger partial charge in [-0.15, -0.1) is 0 Å². The summed E-state index contributed by atoms with van der Waals surface area (Å²) in [5.41, 5.74) is 3.31. The number of allylic oxidation sites excluding steroid dienone is 1. The van der Waals surface area contributed by atoms with Crippen molar-refractivity contribution in [2.75, 3.05) is 6.54 Å². The molecule has 0 atom stereocenters. The highest BCUT2D eigenvalue weighted by molar-refractivity contribution is 7.90. The fraction of sp³-hybridized carbons (Fsp3) is 0.240. The highest BCUT2D eigenvalue weighted by atomic mass is 35.5. The van der Waals surface area contributed by atoms with Gasteiger partial charge in [-0.05, 0) is 60.7 Å². The number of aromatic nitrogens is 4. The van der Waals surface area contributed by atoms with Crippen LogP contribution in [0.4, 0.5) is 9.18 Å². The van der Waals surface area contributed by atoms with Crippen molar-refractivity contribution in [3.8, 4) is 0 Å². The van der Waals surface area contributed by atoms with Crippen molar-refractivity contribution in [3.05, 3.63) is 81.5 Å². The fourth-order valence-corrected chi connectivity index (χ4v) is 5.91. The van der Waals surface area contributed by atoms with E-state index in [-0.39, 0.29) is 4.90 Å². The summed E-state index contributed by atoms with van der Waals surface area (Å²) in [6.07, 6.45) is 5.23. The quantitative estimate of drug-likeness (QED) is 0.341. The van der Waals surface area contributed by atoms with Crippen LogP contribution in [0.25, 0.3) is 16.5 Å². The van der Waals surface area contributed by atoms with E-state index >= 15 is 4.39 Å². The summed E-state index contributed by atoms with van der Waals surface area (Å²) in [6, 6.07) is 8.50. The zero-order valence-electron chi connectivity index (χ0n) is 20.2. The van der Waals surface area contributed by atoms with Crippen LogP contribution >= 0.6 is 23.2 Å². The van der Waals surface area contributed by atoms with E-state index in [9.17, 15) is 13.2 Å². The van der Waals surface area contributed by atoms with Gasteiger partial charge in [-0.25, -0.2) is 22.3 Å². The van der Waals surface area contributed by atoms with E-state index in [1.165, 1.54) is 16.8 Å². The van der Waals surface area contributed by atoms with Crippen LogP contribution in [0, 0.1) is 0 Å². The molecule has 0 radical (unpaired) electrons. The summed E-state index contributed by atoms with van der Waals surface area (Å²) in [4.78, 5) is 12.3.